The molecule has 0 unspecified atom stereocenters. The molecule has 0 aromatic rings. The Bertz CT molecular complexity index is 2660. The van der Waals surface area contributed by atoms with Gasteiger partial charge in [0.1, 0.15) is 19.6 Å². The predicted molar refractivity (Wildman–Crippen MR) is 301 cm³/mol. The van der Waals surface area contributed by atoms with Crippen molar-refractivity contribution < 1.29 is 332 Å². The van der Waals surface area contributed by atoms with Crippen molar-refractivity contribution in [3.8, 4) is 0 Å². The van der Waals surface area contributed by atoms with E-state index < -0.39 is 234 Å². The fourth-order valence-corrected chi connectivity index (χ4v) is 2.39. The second-order valence-corrected chi connectivity index (χ2v) is 20.1. The highest BCUT2D eigenvalue weighted by Crippen LogP contribution is 2.45. The second-order valence-electron chi connectivity index (χ2n) is 15.3. The molecule has 0 saturated carbocycles. The average molecular weight is 2060 g/mol. The minimum Gasteiger partial charge on any atom is -0.722 e. The normalized spacial score (nSPS) is 12.2. The van der Waals surface area contributed by atoms with Gasteiger partial charge >= 0.3 is 81.7 Å². The Morgan fingerprint density at radius 3 is 0.462 bits per heavy atom. The van der Waals surface area contributed by atoms with E-state index in [1.807, 2.05) is 0 Å². The molecule has 0 aliphatic rings. The Morgan fingerprint density at radius 1 is 0.244 bits per heavy atom. The molecule has 119 heavy (non-hydrogen) atoms. The highest BCUT2D eigenvalue weighted by molar-refractivity contribution is 7.81. The molecule has 26 nitrogen and oxygen atoms in total. The van der Waals surface area contributed by atoms with E-state index in [2.05, 4.69) is 37.9 Å². The van der Waals surface area contributed by atoms with Crippen LogP contribution in [-0.2, 0) is 101 Å². The van der Waals surface area contributed by atoms with Crippen LogP contribution in [0.4, 0.5) is 208 Å². The molecule has 0 aromatic carbocycles. The molecule has 0 aliphatic carbocycles. The molecular formula is C39H72F48O26S6. The summed E-state index contributed by atoms with van der Waals surface area (Å²) in [5.74, 6) is -14.8. The van der Waals surface area contributed by atoms with Crippen LogP contribution in [0.15, 0.2) is 0 Å². The highest BCUT2D eigenvalue weighted by Gasteiger charge is 2.69. The fourth-order valence-electron chi connectivity index (χ4n) is 2.39. The van der Waals surface area contributed by atoms with Crippen LogP contribution in [0, 0.1) is 0 Å². The van der Waals surface area contributed by atoms with E-state index in [-0.39, 0.29) is 53.1 Å². The number of rotatable bonds is 29. The molecule has 0 N–H and O–H groups in total. The SMILES string of the molecule is C.C.C.C.C.C.CC(F)(F)CC(F)(F)OCF.CC(F)(F)COCF.CC(F)(F)COCF.CF.CF.CF.FCC(F)(F)OC(F)(F)C(F)(F)CF.FCC(F)(F)OC(F)(F)C(F)(F)OC(F)(F)CF.FCC(F)(F)OC(F)(F)C(F)(F)OC(F)(F)CF.O=S(=O)([O-])F.O=S(=O)([O-])F.O=S(=O)([O-])F.O=S(=O)([O-])F.O=S(=O)([O-])F.O=S(=O)([O-])F.[H+].[H+].[H+].[H+].[H+].[H+]. The summed E-state index contributed by atoms with van der Waals surface area (Å²) in [5.41, 5.74) is 0. The Kier molecular flexibility index (Phi) is 102. The van der Waals surface area contributed by atoms with Crippen molar-refractivity contribution in [3.05, 3.63) is 0 Å². The number of hydrogen-bond acceptors (Lipinski definition) is 26. The number of hydrogen-bond donors (Lipinski definition) is 0. The van der Waals surface area contributed by atoms with Crippen LogP contribution in [-0.4, -0.2) is 264 Å². The quantitative estimate of drug-likeness (QED) is 0.0381. The maximum Gasteiger partial charge on any atom is 1.00 e. The maximum absolute atomic E-state index is 12.4. The first kappa shape index (κ1) is 169. The third-order valence-corrected chi connectivity index (χ3v) is 5.08. The largest absolute Gasteiger partial charge is 1.00 e. The lowest BCUT2D eigenvalue weighted by Gasteiger charge is -2.29. The van der Waals surface area contributed by atoms with Gasteiger partial charge in [0.05, 0.1) is 21.5 Å². The molecule has 0 aromatic heterocycles. The zero-order chi connectivity index (χ0) is 96.6. The van der Waals surface area contributed by atoms with Gasteiger partial charge in [0.25, 0.3) is 80.8 Å². The Morgan fingerprint density at radius 2 is 0.378 bits per heavy atom. The third kappa shape index (κ3) is 173. The van der Waals surface area contributed by atoms with Crippen molar-refractivity contribution in [1.82, 2.24) is 0 Å². The Labute approximate surface area is 652 Å². The molecule has 0 radical (unpaired) electrons. The summed E-state index contributed by atoms with van der Waals surface area (Å²) in [6, 6.07) is 0. The van der Waals surface area contributed by atoms with Gasteiger partial charge < -0.3 is 36.8 Å². The zero-order valence-electron chi connectivity index (χ0n) is 59.2. The van der Waals surface area contributed by atoms with Crippen molar-refractivity contribution in [2.75, 3.05) is 95.4 Å². The van der Waals surface area contributed by atoms with Crippen LogP contribution in [0.5, 0.6) is 0 Å². The summed E-state index contributed by atoms with van der Waals surface area (Å²) in [4.78, 5) is 0. The van der Waals surface area contributed by atoms with E-state index in [1.165, 1.54) is 0 Å². The summed E-state index contributed by atoms with van der Waals surface area (Å²) in [5, 5.41) is 0. The van der Waals surface area contributed by atoms with E-state index in [4.69, 9.17) is 77.8 Å². The van der Waals surface area contributed by atoms with Crippen molar-refractivity contribution in [2.24, 2.45) is 0 Å². The molecule has 0 amide bonds. The van der Waals surface area contributed by atoms with E-state index in [0.717, 1.165) is 0 Å². The minimum atomic E-state index is -6.30. The molecule has 0 aliphatic heterocycles. The standard InChI is InChI=1S/2C6H4F10O2.C5H4F8O.C5H7F5O.2C4H7F3O.3CH3F.6CH4.6FHO3S/c2*7-1-3(9,10)17-5(13,14)6(15,16)18-4(11,12)2-8;6-1-3(8,9)5(12,13)14-4(10,11)2-7;1-4(7,8)2-5(9,10)11-3-6;2*1-4(6,7)2-8-3-5;3*1-2;;;;;;;6*1-5(2,3)4/h2*1-2H2;1-2H2;2-3H2,1H3;2*2-3H2,1H3;3*1H3;6*1H4;6*(H,2,3,4). The van der Waals surface area contributed by atoms with Gasteiger partial charge in [-0.05, 0) is 6.92 Å². The van der Waals surface area contributed by atoms with Gasteiger partial charge in [-0.3, -0.25) is 17.9 Å². The summed E-state index contributed by atoms with van der Waals surface area (Å²) in [6.45, 7) is -21.4. The Hall–Kier alpha value is -4.22. The van der Waals surface area contributed by atoms with Gasteiger partial charge in [-0.1, -0.05) is 44.6 Å². The van der Waals surface area contributed by atoms with E-state index in [1.54, 1.807) is 0 Å². The van der Waals surface area contributed by atoms with Gasteiger partial charge in [-0.25, -0.2) is 140 Å². The van der Waals surface area contributed by atoms with Crippen LogP contribution in [0.2, 0.25) is 0 Å². The number of ether oxygens (including phenoxy) is 8. The zero-order valence-corrected chi connectivity index (χ0v) is 58.1. The van der Waals surface area contributed by atoms with Crippen LogP contribution >= 0.6 is 0 Å². The molecule has 0 spiro atoms. The second kappa shape index (κ2) is 72.0. The van der Waals surface area contributed by atoms with Gasteiger partial charge in [0.15, 0.2) is 60.6 Å². The first-order valence-corrected chi connectivity index (χ1v) is 30.5. The summed E-state index contributed by atoms with van der Waals surface area (Å²) >= 11 is 0. The van der Waals surface area contributed by atoms with E-state index in [9.17, 15) is 208 Å². The molecule has 80 heteroatoms. The van der Waals surface area contributed by atoms with Gasteiger partial charge in [-0.2, -0.15) is 105 Å². The molecule has 0 fully saturated rings. The number of alkyl halides is 42. The first-order valence-electron chi connectivity index (χ1n) is 22.6. The Balaban J connectivity index is -0.0000000340. The van der Waals surface area contributed by atoms with Gasteiger partial charge in [0, 0.05) is 13.8 Å². The molecule has 0 atom stereocenters. The fraction of sp³-hybridized carbons (Fsp3) is 1.00. The molecule has 756 valence electrons. The molecule has 0 rings (SSSR count). The van der Waals surface area contributed by atoms with E-state index >= 15 is 0 Å². The van der Waals surface area contributed by atoms with Crippen LogP contribution in [0.25, 0.3) is 0 Å². The van der Waals surface area contributed by atoms with Crippen molar-refractivity contribution >= 4 is 63.0 Å². The summed E-state index contributed by atoms with van der Waals surface area (Å²) < 4.78 is 723. The van der Waals surface area contributed by atoms with Crippen molar-refractivity contribution in [3.63, 3.8) is 0 Å². The van der Waals surface area contributed by atoms with Gasteiger partial charge in [0.2, 0.25) is 0 Å². The third-order valence-electron chi connectivity index (χ3n) is 5.08. The highest BCUT2D eigenvalue weighted by atomic mass is 32.3. The van der Waals surface area contributed by atoms with Crippen LogP contribution in [0.3, 0.4) is 0 Å². The summed E-state index contributed by atoms with van der Waals surface area (Å²) in [6.07, 6.45) is -63.4. The van der Waals surface area contributed by atoms with Crippen LogP contribution in [0.1, 0.15) is 80.3 Å². The topological polar surface area (TPSA) is 417 Å². The van der Waals surface area contributed by atoms with Crippen molar-refractivity contribution in [1.29, 1.82) is 0 Å². The van der Waals surface area contributed by atoms with Gasteiger partial charge in [-0.15, -0.1) is 23.3 Å². The van der Waals surface area contributed by atoms with E-state index in [0.29, 0.717) is 42.3 Å². The van der Waals surface area contributed by atoms with Crippen molar-refractivity contribution in [2.45, 2.75) is 163 Å². The molecule has 0 heterocycles. The number of halogens is 48. The smallest absolute Gasteiger partial charge is 0.722 e. The minimum absolute atomic E-state index is 0. The average Bonchev–Trinajstić information content (AvgIpc) is 0.797. The molecule has 0 bridgehead atoms. The lowest BCUT2D eigenvalue weighted by Crippen LogP contribution is -2.52. The predicted octanol–water partition coefficient (Wildman–Crippen LogP) is 17.9. The lowest BCUT2D eigenvalue weighted by molar-refractivity contribution is -0.513. The molecular weight excluding hydrogens is 1990 g/mol. The molecule has 0 saturated heterocycles. The summed E-state index contributed by atoms with van der Waals surface area (Å²) in [7, 11) is -31.0. The first-order chi connectivity index (χ1) is 48.5. The van der Waals surface area contributed by atoms with Crippen LogP contribution < -0.4 is 0 Å². The maximum atomic E-state index is 12.4. The lowest BCUT2D eigenvalue weighted by atomic mass is 10.2. The monoisotopic (exact) mass is 2060 g/mol.